The summed E-state index contributed by atoms with van der Waals surface area (Å²) in [5.74, 6) is 0.870. The summed E-state index contributed by atoms with van der Waals surface area (Å²) >= 11 is 0. The van der Waals surface area contributed by atoms with Gasteiger partial charge in [-0.1, -0.05) is 26.2 Å². The van der Waals surface area contributed by atoms with Gasteiger partial charge < -0.3 is 10.1 Å². The number of hydrogen-bond acceptors (Lipinski definition) is 2. The van der Waals surface area contributed by atoms with Gasteiger partial charge in [-0.05, 0) is 57.5 Å². The van der Waals surface area contributed by atoms with Crippen molar-refractivity contribution in [1.82, 2.24) is 5.32 Å². The lowest BCUT2D eigenvalue weighted by atomic mass is 9.90. The van der Waals surface area contributed by atoms with E-state index >= 15 is 0 Å². The van der Waals surface area contributed by atoms with Crippen LogP contribution >= 0.6 is 0 Å². The zero-order valence-corrected chi connectivity index (χ0v) is 11.7. The van der Waals surface area contributed by atoms with Gasteiger partial charge in [-0.2, -0.15) is 0 Å². The first-order valence-corrected chi connectivity index (χ1v) is 7.72. The fourth-order valence-electron chi connectivity index (χ4n) is 2.54. The Labute approximate surface area is 108 Å². The average molecular weight is 241 g/mol. The first-order valence-electron chi connectivity index (χ1n) is 7.72. The molecule has 0 radical (unpaired) electrons. The Hall–Kier alpha value is -0.0800. The molecule has 1 fully saturated rings. The first-order chi connectivity index (χ1) is 8.43. The molecule has 0 aromatic rings. The van der Waals surface area contributed by atoms with Crippen LogP contribution < -0.4 is 5.32 Å². The molecular formula is C15H31NO. The summed E-state index contributed by atoms with van der Waals surface area (Å²) in [5, 5.41) is 3.44. The van der Waals surface area contributed by atoms with Gasteiger partial charge in [0.15, 0.2) is 0 Å². The molecule has 0 aliphatic heterocycles. The van der Waals surface area contributed by atoms with Crippen LogP contribution in [0.4, 0.5) is 0 Å². The molecule has 0 amide bonds. The van der Waals surface area contributed by atoms with Crippen LogP contribution in [0.15, 0.2) is 0 Å². The van der Waals surface area contributed by atoms with Gasteiger partial charge in [0, 0.05) is 13.2 Å². The van der Waals surface area contributed by atoms with Crippen LogP contribution in [-0.2, 0) is 4.74 Å². The van der Waals surface area contributed by atoms with E-state index in [0.717, 1.165) is 25.7 Å². The van der Waals surface area contributed by atoms with Crippen LogP contribution in [0.25, 0.3) is 0 Å². The van der Waals surface area contributed by atoms with Gasteiger partial charge in [0.05, 0.1) is 0 Å². The predicted molar refractivity (Wildman–Crippen MR) is 74.4 cm³/mol. The second-order valence-corrected chi connectivity index (χ2v) is 5.39. The zero-order valence-electron chi connectivity index (χ0n) is 11.7. The summed E-state index contributed by atoms with van der Waals surface area (Å²) in [6.07, 6.45) is 12.2. The molecule has 1 saturated carbocycles. The average Bonchev–Trinajstić information content (AvgIpc) is 2.38. The Kier molecular flexibility index (Phi) is 9.72. The molecule has 0 bridgehead atoms. The van der Waals surface area contributed by atoms with Gasteiger partial charge in [-0.15, -0.1) is 0 Å². The molecule has 17 heavy (non-hydrogen) atoms. The molecule has 0 aromatic heterocycles. The Balaban J connectivity index is 1.75. The highest BCUT2D eigenvalue weighted by atomic mass is 16.5. The standard InChI is InChI=1S/C15H31NO/c1-2-11-16-12-7-4-8-13-17-14-15-9-5-3-6-10-15/h15-16H,2-14H2,1H3. The minimum atomic E-state index is 0.870. The maximum atomic E-state index is 5.78. The Bertz CT molecular complexity index is 155. The van der Waals surface area contributed by atoms with Crippen molar-refractivity contribution in [1.29, 1.82) is 0 Å². The lowest BCUT2D eigenvalue weighted by Gasteiger charge is -2.21. The van der Waals surface area contributed by atoms with E-state index in [4.69, 9.17) is 4.74 Å². The monoisotopic (exact) mass is 241 g/mol. The van der Waals surface area contributed by atoms with Crippen molar-refractivity contribution >= 4 is 0 Å². The fourth-order valence-corrected chi connectivity index (χ4v) is 2.54. The number of nitrogens with one attached hydrogen (secondary N) is 1. The molecule has 0 atom stereocenters. The van der Waals surface area contributed by atoms with Crippen molar-refractivity contribution in [2.24, 2.45) is 5.92 Å². The van der Waals surface area contributed by atoms with Crippen molar-refractivity contribution < 1.29 is 4.74 Å². The molecule has 1 N–H and O–H groups in total. The van der Waals surface area contributed by atoms with E-state index in [1.807, 2.05) is 0 Å². The third-order valence-electron chi connectivity index (χ3n) is 3.65. The van der Waals surface area contributed by atoms with E-state index in [0.29, 0.717) is 0 Å². The lowest BCUT2D eigenvalue weighted by Crippen LogP contribution is -2.16. The molecule has 2 heteroatoms. The number of hydrogen-bond donors (Lipinski definition) is 1. The van der Waals surface area contributed by atoms with E-state index in [-0.39, 0.29) is 0 Å². The molecule has 1 aliphatic rings. The molecule has 0 aromatic carbocycles. The second kappa shape index (κ2) is 11.0. The van der Waals surface area contributed by atoms with Gasteiger partial charge in [0.1, 0.15) is 0 Å². The van der Waals surface area contributed by atoms with Gasteiger partial charge in [-0.3, -0.25) is 0 Å². The van der Waals surface area contributed by atoms with Crippen LogP contribution in [-0.4, -0.2) is 26.3 Å². The molecule has 0 unspecified atom stereocenters. The van der Waals surface area contributed by atoms with E-state index in [1.165, 1.54) is 64.3 Å². The molecule has 102 valence electrons. The van der Waals surface area contributed by atoms with Crippen LogP contribution in [0.2, 0.25) is 0 Å². The highest BCUT2D eigenvalue weighted by Gasteiger charge is 2.12. The van der Waals surface area contributed by atoms with Crippen molar-refractivity contribution in [3.8, 4) is 0 Å². The Morgan fingerprint density at radius 1 is 1.00 bits per heavy atom. The SMILES string of the molecule is CCCNCCCCCOCC1CCCCC1. The molecule has 0 saturated heterocycles. The van der Waals surface area contributed by atoms with Crippen LogP contribution in [0.1, 0.15) is 64.7 Å². The molecular weight excluding hydrogens is 210 g/mol. The second-order valence-electron chi connectivity index (χ2n) is 5.39. The summed E-state index contributed by atoms with van der Waals surface area (Å²) in [7, 11) is 0. The number of rotatable bonds is 10. The van der Waals surface area contributed by atoms with Crippen molar-refractivity contribution in [3.05, 3.63) is 0 Å². The number of ether oxygens (including phenoxy) is 1. The summed E-state index contributed by atoms with van der Waals surface area (Å²) < 4.78 is 5.78. The molecule has 0 heterocycles. The fraction of sp³-hybridized carbons (Fsp3) is 1.00. The maximum Gasteiger partial charge on any atom is 0.0494 e. The normalized spacial score (nSPS) is 17.5. The highest BCUT2D eigenvalue weighted by Crippen LogP contribution is 2.23. The zero-order chi connectivity index (χ0) is 12.2. The van der Waals surface area contributed by atoms with E-state index < -0.39 is 0 Å². The lowest BCUT2D eigenvalue weighted by molar-refractivity contribution is 0.0825. The number of unbranched alkanes of at least 4 members (excludes halogenated alkanes) is 2. The van der Waals surface area contributed by atoms with Crippen molar-refractivity contribution in [3.63, 3.8) is 0 Å². The van der Waals surface area contributed by atoms with Crippen LogP contribution in [0.3, 0.4) is 0 Å². The third kappa shape index (κ3) is 8.62. The molecule has 1 rings (SSSR count). The minimum Gasteiger partial charge on any atom is -0.381 e. The van der Waals surface area contributed by atoms with Gasteiger partial charge in [0.25, 0.3) is 0 Å². The van der Waals surface area contributed by atoms with E-state index in [2.05, 4.69) is 12.2 Å². The van der Waals surface area contributed by atoms with Crippen LogP contribution in [0.5, 0.6) is 0 Å². The van der Waals surface area contributed by atoms with Crippen molar-refractivity contribution in [2.45, 2.75) is 64.7 Å². The summed E-state index contributed by atoms with van der Waals surface area (Å²) in [4.78, 5) is 0. The molecule has 0 spiro atoms. The summed E-state index contributed by atoms with van der Waals surface area (Å²) in [6.45, 7) is 6.55. The van der Waals surface area contributed by atoms with Gasteiger partial charge in [-0.25, -0.2) is 0 Å². The predicted octanol–water partition coefficient (Wildman–Crippen LogP) is 3.75. The highest BCUT2D eigenvalue weighted by molar-refractivity contribution is 4.64. The van der Waals surface area contributed by atoms with Crippen LogP contribution in [0, 0.1) is 5.92 Å². The maximum absolute atomic E-state index is 5.78. The molecule has 1 aliphatic carbocycles. The largest absolute Gasteiger partial charge is 0.381 e. The summed E-state index contributed by atoms with van der Waals surface area (Å²) in [5.41, 5.74) is 0. The van der Waals surface area contributed by atoms with E-state index in [9.17, 15) is 0 Å². The molecule has 2 nitrogen and oxygen atoms in total. The topological polar surface area (TPSA) is 21.3 Å². The smallest absolute Gasteiger partial charge is 0.0494 e. The Morgan fingerprint density at radius 2 is 1.82 bits per heavy atom. The first kappa shape index (κ1) is 15.0. The Morgan fingerprint density at radius 3 is 2.59 bits per heavy atom. The summed E-state index contributed by atoms with van der Waals surface area (Å²) in [6, 6.07) is 0. The third-order valence-corrected chi connectivity index (χ3v) is 3.65. The minimum absolute atomic E-state index is 0.870. The van der Waals surface area contributed by atoms with Crippen molar-refractivity contribution in [2.75, 3.05) is 26.3 Å². The van der Waals surface area contributed by atoms with Gasteiger partial charge in [0.2, 0.25) is 0 Å². The van der Waals surface area contributed by atoms with E-state index in [1.54, 1.807) is 0 Å². The van der Waals surface area contributed by atoms with Gasteiger partial charge >= 0.3 is 0 Å². The quantitative estimate of drug-likeness (QED) is 0.588.